The van der Waals surface area contributed by atoms with Crippen LogP contribution >= 0.6 is 0 Å². The Morgan fingerprint density at radius 2 is 1.96 bits per heavy atom. The van der Waals surface area contributed by atoms with Gasteiger partial charge in [-0.2, -0.15) is 0 Å². The predicted octanol–water partition coefficient (Wildman–Crippen LogP) is 1.85. The number of fused-ring (bicyclic) bond motifs is 5. The second-order valence-corrected chi connectivity index (χ2v) is 9.30. The molecule has 4 aliphatic rings. The minimum atomic E-state index is -0.753. The van der Waals surface area contributed by atoms with Crippen LogP contribution in [0.3, 0.4) is 0 Å². The summed E-state index contributed by atoms with van der Waals surface area (Å²) in [4.78, 5) is 37.1. The van der Waals surface area contributed by atoms with Gasteiger partial charge in [-0.3, -0.25) is 14.4 Å². The van der Waals surface area contributed by atoms with Gasteiger partial charge in [0, 0.05) is 11.8 Å². The first-order valence-electron chi connectivity index (χ1n) is 9.82. The highest BCUT2D eigenvalue weighted by Gasteiger charge is 2.64. The van der Waals surface area contributed by atoms with Crippen LogP contribution in [0.25, 0.3) is 0 Å². The first-order chi connectivity index (χ1) is 12.2. The molecular formula is C21H28O5. The third-order valence-electron chi connectivity index (χ3n) is 8.33. The van der Waals surface area contributed by atoms with Crippen LogP contribution in [0, 0.1) is 34.5 Å². The third kappa shape index (κ3) is 2.19. The normalized spacial score (nSPS) is 47.7. The molecule has 0 spiro atoms. The third-order valence-corrected chi connectivity index (χ3v) is 8.33. The van der Waals surface area contributed by atoms with Crippen molar-refractivity contribution in [2.75, 3.05) is 6.61 Å². The number of ketones is 3. The van der Waals surface area contributed by atoms with E-state index in [2.05, 4.69) is 6.92 Å². The fraction of sp³-hybridized carbons (Fsp3) is 0.762. The second kappa shape index (κ2) is 5.83. The molecule has 4 rings (SSSR count). The molecule has 0 amide bonds. The van der Waals surface area contributed by atoms with Gasteiger partial charge >= 0.3 is 0 Å². The van der Waals surface area contributed by atoms with Gasteiger partial charge in [0.05, 0.1) is 17.9 Å². The van der Waals surface area contributed by atoms with E-state index in [0.29, 0.717) is 12.8 Å². The average Bonchev–Trinajstić information content (AvgIpc) is 2.92. The summed E-state index contributed by atoms with van der Waals surface area (Å²) in [7, 11) is 0. The van der Waals surface area contributed by atoms with Crippen molar-refractivity contribution in [3.63, 3.8) is 0 Å². The van der Waals surface area contributed by atoms with Crippen molar-refractivity contribution < 1.29 is 24.6 Å². The molecule has 0 saturated heterocycles. The lowest BCUT2D eigenvalue weighted by molar-refractivity contribution is -0.158. The van der Waals surface area contributed by atoms with Gasteiger partial charge in [0.2, 0.25) is 0 Å². The van der Waals surface area contributed by atoms with Gasteiger partial charge in [-0.15, -0.1) is 0 Å². The molecule has 26 heavy (non-hydrogen) atoms. The molecule has 0 unspecified atom stereocenters. The lowest BCUT2D eigenvalue weighted by atomic mass is 9.45. The average molecular weight is 360 g/mol. The van der Waals surface area contributed by atoms with Crippen molar-refractivity contribution in [3.05, 3.63) is 11.6 Å². The van der Waals surface area contributed by atoms with E-state index < -0.39 is 18.1 Å². The Bertz CT molecular complexity index is 709. The Hall–Kier alpha value is -1.33. The summed E-state index contributed by atoms with van der Waals surface area (Å²) in [6, 6.07) is 0. The van der Waals surface area contributed by atoms with Gasteiger partial charge in [0.15, 0.2) is 17.3 Å². The molecular weight excluding hydrogens is 332 g/mol. The number of rotatable bonds is 2. The maximum atomic E-state index is 12.9. The van der Waals surface area contributed by atoms with Gasteiger partial charge in [0.25, 0.3) is 0 Å². The van der Waals surface area contributed by atoms with Crippen LogP contribution in [0.5, 0.6) is 0 Å². The molecule has 7 atom stereocenters. The Labute approximate surface area is 153 Å². The highest BCUT2D eigenvalue weighted by molar-refractivity contribution is 6.11. The maximum absolute atomic E-state index is 12.9. The van der Waals surface area contributed by atoms with Crippen LogP contribution in [0.2, 0.25) is 0 Å². The van der Waals surface area contributed by atoms with E-state index in [9.17, 15) is 24.6 Å². The monoisotopic (exact) mass is 360 g/mol. The number of hydrogen-bond donors (Lipinski definition) is 2. The van der Waals surface area contributed by atoms with Gasteiger partial charge in [-0.25, -0.2) is 0 Å². The van der Waals surface area contributed by atoms with E-state index in [1.54, 1.807) is 6.08 Å². The Morgan fingerprint density at radius 3 is 2.65 bits per heavy atom. The summed E-state index contributed by atoms with van der Waals surface area (Å²) in [5.41, 5.74) is -0.175. The number of allylic oxidation sites excluding steroid dienone is 1. The van der Waals surface area contributed by atoms with Gasteiger partial charge < -0.3 is 10.2 Å². The summed E-state index contributed by atoms with van der Waals surface area (Å²) in [5.74, 6) is -0.225. The van der Waals surface area contributed by atoms with Crippen LogP contribution < -0.4 is 0 Å². The molecule has 5 nitrogen and oxygen atoms in total. The summed E-state index contributed by atoms with van der Waals surface area (Å²) >= 11 is 0. The zero-order chi connectivity index (χ0) is 18.9. The first-order valence-corrected chi connectivity index (χ1v) is 9.82. The molecule has 0 aliphatic heterocycles. The zero-order valence-electron chi connectivity index (χ0n) is 15.5. The molecule has 3 saturated carbocycles. The molecule has 0 aromatic rings. The summed E-state index contributed by atoms with van der Waals surface area (Å²) < 4.78 is 0. The standard InChI is InChI=1S/C21H28O5/c1-20-9-16(24)19-13(14(20)5-6-15(20)17(25)10-22)4-3-11-7-12(23)8-18(26)21(11,19)2/h7,13-16,19,22,24H,3-6,8-10H2,1-2H3/t13-,14-,15+,16-,19+,20-,21+/m0/s1. The smallest absolute Gasteiger partial charge is 0.163 e. The van der Waals surface area contributed by atoms with Crippen molar-refractivity contribution in [1.29, 1.82) is 0 Å². The van der Waals surface area contributed by atoms with Crippen LogP contribution in [0.1, 0.15) is 52.4 Å². The highest BCUT2D eigenvalue weighted by Crippen LogP contribution is 2.66. The molecule has 0 heterocycles. The van der Waals surface area contributed by atoms with Crippen LogP contribution in [0.4, 0.5) is 0 Å². The van der Waals surface area contributed by atoms with Crippen molar-refractivity contribution in [1.82, 2.24) is 0 Å². The number of aliphatic hydroxyl groups excluding tert-OH is 2. The number of carbonyl (C=O) groups excluding carboxylic acids is 3. The SMILES string of the molecule is C[C@]12C(=O)CC(=O)C=C1CC[C@@H]1[C@@H]2[C@@H](O)C[C@]2(C)[C@@H](C(=O)CO)CC[C@@H]12. The lowest BCUT2D eigenvalue weighted by Crippen LogP contribution is -2.59. The lowest BCUT2D eigenvalue weighted by Gasteiger charge is -2.58. The molecule has 3 fully saturated rings. The van der Waals surface area contributed by atoms with Crippen molar-refractivity contribution in [3.8, 4) is 0 Å². The highest BCUT2D eigenvalue weighted by atomic mass is 16.3. The van der Waals surface area contributed by atoms with Crippen molar-refractivity contribution in [2.45, 2.75) is 58.5 Å². The minimum Gasteiger partial charge on any atom is -0.393 e. The van der Waals surface area contributed by atoms with Crippen molar-refractivity contribution >= 4 is 17.3 Å². The van der Waals surface area contributed by atoms with Crippen LogP contribution in [0.15, 0.2) is 11.6 Å². The first kappa shape index (κ1) is 18.1. The number of hydrogen-bond acceptors (Lipinski definition) is 5. The Balaban J connectivity index is 1.74. The molecule has 5 heteroatoms. The molecule has 0 aromatic heterocycles. The van der Waals surface area contributed by atoms with E-state index in [0.717, 1.165) is 24.8 Å². The van der Waals surface area contributed by atoms with Crippen LogP contribution in [-0.4, -0.2) is 40.3 Å². The van der Waals surface area contributed by atoms with E-state index in [4.69, 9.17) is 0 Å². The zero-order valence-corrected chi connectivity index (χ0v) is 15.5. The fourth-order valence-electron chi connectivity index (χ4n) is 7.18. The van der Waals surface area contributed by atoms with Crippen molar-refractivity contribution in [2.24, 2.45) is 34.5 Å². The summed E-state index contributed by atoms with van der Waals surface area (Å²) in [6.07, 6.45) is 4.62. The van der Waals surface area contributed by atoms with Gasteiger partial charge in [0.1, 0.15) is 6.61 Å². The van der Waals surface area contributed by atoms with Gasteiger partial charge in [-0.05, 0) is 62.4 Å². The van der Waals surface area contributed by atoms with E-state index in [1.807, 2.05) is 6.92 Å². The quantitative estimate of drug-likeness (QED) is 0.733. The predicted molar refractivity (Wildman–Crippen MR) is 94.1 cm³/mol. The molecule has 0 aromatic carbocycles. The fourth-order valence-corrected chi connectivity index (χ4v) is 7.18. The molecule has 0 radical (unpaired) electrons. The number of carbonyl (C=O) groups is 3. The van der Waals surface area contributed by atoms with Gasteiger partial charge in [-0.1, -0.05) is 12.5 Å². The number of Topliss-reactive ketones (excluding diaryl/α,β-unsaturated/α-hetero) is 2. The maximum Gasteiger partial charge on any atom is 0.163 e. The van der Waals surface area contributed by atoms with E-state index >= 15 is 0 Å². The largest absolute Gasteiger partial charge is 0.393 e. The minimum absolute atomic E-state index is 0.0571. The summed E-state index contributed by atoms with van der Waals surface area (Å²) in [5, 5.41) is 20.5. The molecule has 2 N–H and O–H groups in total. The Morgan fingerprint density at radius 1 is 1.23 bits per heavy atom. The Kier molecular flexibility index (Phi) is 4.05. The number of aliphatic hydroxyl groups is 2. The van der Waals surface area contributed by atoms with E-state index in [-0.39, 0.29) is 52.9 Å². The van der Waals surface area contributed by atoms with Crippen LogP contribution in [-0.2, 0) is 14.4 Å². The molecule has 142 valence electrons. The second-order valence-electron chi connectivity index (χ2n) is 9.30. The molecule has 0 bridgehead atoms. The summed E-state index contributed by atoms with van der Waals surface area (Å²) in [6.45, 7) is 3.56. The van der Waals surface area contributed by atoms with E-state index in [1.165, 1.54) is 0 Å². The molecule has 4 aliphatic carbocycles. The topological polar surface area (TPSA) is 91.7 Å².